The predicted molar refractivity (Wildman–Crippen MR) is 57.4 cm³/mol. The molecule has 0 aliphatic carbocycles. The van der Waals surface area contributed by atoms with Crippen molar-refractivity contribution in [1.29, 1.82) is 0 Å². The van der Waals surface area contributed by atoms with Crippen molar-refractivity contribution < 1.29 is 23.1 Å². The van der Waals surface area contributed by atoms with E-state index in [1.54, 1.807) is 0 Å². The maximum atomic E-state index is 11.2. The first-order valence-corrected chi connectivity index (χ1v) is 6.49. The molecule has 0 spiro atoms. The molecule has 0 aromatic heterocycles. The molecule has 0 unspecified atom stereocenters. The first-order valence-electron chi connectivity index (χ1n) is 4.65. The lowest BCUT2D eigenvalue weighted by atomic mass is 10.4. The van der Waals surface area contributed by atoms with E-state index < -0.39 is 16.0 Å². The van der Waals surface area contributed by atoms with Gasteiger partial charge in [0.2, 0.25) is 15.9 Å². The van der Waals surface area contributed by atoms with Crippen LogP contribution >= 0.6 is 0 Å². The summed E-state index contributed by atoms with van der Waals surface area (Å²) in [4.78, 5) is 20.9. The van der Waals surface area contributed by atoms with Crippen LogP contribution in [0.1, 0.15) is 13.3 Å². The summed E-state index contributed by atoms with van der Waals surface area (Å²) in [7, 11) is -3.44. The summed E-state index contributed by atoms with van der Waals surface area (Å²) in [5.74, 6) is -1.32. The summed E-state index contributed by atoms with van der Waals surface area (Å²) in [6.45, 7) is 1.48. The number of carbonyl (C=O) groups is 2. The molecule has 16 heavy (non-hydrogen) atoms. The average Bonchev–Trinajstić information content (AvgIpc) is 2.07. The van der Waals surface area contributed by atoms with Gasteiger partial charge in [-0.2, -0.15) is 4.31 Å². The third-order valence-corrected chi connectivity index (χ3v) is 3.08. The van der Waals surface area contributed by atoms with E-state index in [2.05, 4.69) is 5.32 Å². The number of nitrogens with zero attached hydrogens (tertiary/aromatic N) is 1. The van der Waals surface area contributed by atoms with Gasteiger partial charge in [0.15, 0.2) is 0 Å². The Balaban J connectivity index is 4.23. The topological polar surface area (TPSA) is 104 Å². The summed E-state index contributed by atoms with van der Waals surface area (Å²) in [5, 5.41) is 10.9. The van der Waals surface area contributed by atoms with Crippen LogP contribution in [0.2, 0.25) is 0 Å². The maximum absolute atomic E-state index is 11.2. The molecule has 0 heterocycles. The Morgan fingerprint density at radius 3 is 2.25 bits per heavy atom. The Kier molecular flexibility index (Phi) is 5.97. The number of carboxylic acid groups (broad SMARTS) is 1. The van der Waals surface area contributed by atoms with Gasteiger partial charge in [0, 0.05) is 26.6 Å². The van der Waals surface area contributed by atoms with Crippen molar-refractivity contribution in [3.05, 3.63) is 0 Å². The summed E-state index contributed by atoms with van der Waals surface area (Å²) in [6.07, 6.45) is 0.746. The van der Waals surface area contributed by atoms with Crippen molar-refractivity contribution in [2.24, 2.45) is 0 Å². The number of carboxylic acids is 1. The molecule has 0 aliphatic rings. The van der Waals surface area contributed by atoms with Crippen LogP contribution in [0, 0.1) is 0 Å². The van der Waals surface area contributed by atoms with Crippen molar-refractivity contribution in [2.75, 3.05) is 25.9 Å². The van der Waals surface area contributed by atoms with Gasteiger partial charge in [-0.25, -0.2) is 8.42 Å². The van der Waals surface area contributed by atoms with Gasteiger partial charge in [0.05, 0.1) is 12.7 Å². The number of nitrogens with one attached hydrogen (secondary N) is 1. The molecule has 0 saturated heterocycles. The first kappa shape index (κ1) is 14.8. The van der Waals surface area contributed by atoms with E-state index in [1.165, 1.54) is 6.92 Å². The molecule has 0 aromatic rings. The second-order valence-electron chi connectivity index (χ2n) is 3.29. The lowest BCUT2D eigenvalue weighted by Gasteiger charge is -2.18. The molecule has 0 fully saturated rings. The zero-order chi connectivity index (χ0) is 12.8. The highest BCUT2D eigenvalue weighted by atomic mass is 32.2. The first-order chi connectivity index (χ1) is 7.23. The van der Waals surface area contributed by atoms with Gasteiger partial charge in [-0.1, -0.05) is 0 Å². The Labute approximate surface area is 94.5 Å². The zero-order valence-electron chi connectivity index (χ0n) is 9.26. The van der Waals surface area contributed by atoms with Crippen molar-refractivity contribution in [3.63, 3.8) is 0 Å². The molecule has 0 radical (unpaired) electrons. The molecule has 8 heteroatoms. The van der Waals surface area contributed by atoms with Gasteiger partial charge >= 0.3 is 5.97 Å². The van der Waals surface area contributed by atoms with Crippen LogP contribution in [0.5, 0.6) is 0 Å². The Morgan fingerprint density at radius 2 is 1.88 bits per heavy atom. The smallest absolute Gasteiger partial charge is 0.304 e. The van der Waals surface area contributed by atoms with Crippen LogP contribution in [0.3, 0.4) is 0 Å². The Hall–Kier alpha value is -1.15. The number of rotatable bonds is 7. The number of hydrogen-bond acceptors (Lipinski definition) is 4. The number of aliphatic carboxylic acids is 1. The lowest BCUT2D eigenvalue weighted by Crippen LogP contribution is -2.38. The van der Waals surface area contributed by atoms with Crippen LogP contribution < -0.4 is 5.32 Å². The lowest BCUT2D eigenvalue weighted by molar-refractivity contribution is -0.137. The maximum Gasteiger partial charge on any atom is 0.304 e. The molecule has 2 N–H and O–H groups in total. The third-order valence-electron chi connectivity index (χ3n) is 1.78. The molecular weight excluding hydrogens is 236 g/mol. The summed E-state index contributed by atoms with van der Waals surface area (Å²) >= 11 is 0. The normalized spacial score (nSPS) is 11.4. The van der Waals surface area contributed by atoms with Gasteiger partial charge < -0.3 is 10.4 Å². The van der Waals surface area contributed by atoms with Crippen LogP contribution in [0.15, 0.2) is 0 Å². The molecule has 1 amide bonds. The van der Waals surface area contributed by atoms with Crippen molar-refractivity contribution in [1.82, 2.24) is 9.62 Å². The molecule has 7 nitrogen and oxygen atoms in total. The fourth-order valence-corrected chi connectivity index (χ4v) is 1.87. The molecule has 0 aliphatic heterocycles. The Bertz CT molecular complexity index is 351. The minimum absolute atomic E-state index is 0.0751. The molecule has 0 atom stereocenters. The van der Waals surface area contributed by atoms with Gasteiger partial charge in [-0.3, -0.25) is 9.59 Å². The molecule has 94 valence electrons. The van der Waals surface area contributed by atoms with E-state index in [0.717, 1.165) is 10.6 Å². The fourth-order valence-electron chi connectivity index (χ4n) is 1.02. The van der Waals surface area contributed by atoms with E-state index >= 15 is 0 Å². The van der Waals surface area contributed by atoms with Crippen LogP contribution in [-0.2, 0) is 19.6 Å². The van der Waals surface area contributed by atoms with E-state index in [0.29, 0.717) is 0 Å². The van der Waals surface area contributed by atoms with Crippen LogP contribution in [0.25, 0.3) is 0 Å². The van der Waals surface area contributed by atoms with E-state index in [-0.39, 0.29) is 32.0 Å². The summed E-state index contributed by atoms with van der Waals surface area (Å²) in [6, 6.07) is 0. The van der Waals surface area contributed by atoms with Gasteiger partial charge in [0.25, 0.3) is 0 Å². The highest BCUT2D eigenvalue weighted by Crippen LogP contribution is 1.98. The monoisotopic (exact) mass is 252 g/mol. The molecule has 0 bridgehead atoms. The molecule has 0 aromatic carbocycles. The van der Waals surface area contributed by atoms with Crippen molar-refractivity contribution in [3.8, 4) is 0 Å². The fraction of sp³-hybridized carbons (Fsp3) is 0.750. The van der Waals surface area contributed by atoms with Gasteiger partial charge in [-0.15, -0.1) is 0 Å². The quantitative estimate of drug-likeness (QED) is 0.596. The van der Waals surface area contributed by atoms with E-state index in [1.807, 2.05) is 0 Å². The van der Waals surface area contributed by atoms with E-state index in [4.69, 9.17) is 5.11 Å². The number of sulfonamides is 1. The number of hydrogen-bond donors (Lipinski definition) is 2. The minimum Gasteiger partial charge on any atom is -0.481 e. The minimum atomic E-state index is -3.44. The summed E-state index contributed by atoms with van der Waals surface area (Å²) < 4.78 is 23.5. The van der Waals surface area contributed by atoms with E-state index in [9.17, 15) is 18.0 Å². The Morgan fingerprint density at radius 1 is 1.31 bits per heavy atom. The largest absolute Gasteiger partial charge is 0.481 e. The second kappa shape index (κ2) is 6.44. The SMILES string of the molecule is CC(=O)NCCN(CCC(=O)O)S(C)(=O)=O. The molecule has 0 rings (SSSR count). The molecular formula is C8H16N2O5S. The highest BCUT2D eigenvalue weighted by molar-refractivity contribution is 7.88. The standard InChI is InChI=1S/C8H16N2O5S/c1-7(11)9-4-6-10(16(2,14)15)5-3-8(12)13/h3-6H2,1-2H3,(H,9,11)(H,12,13). The summed E-state index contributed by atoms with van der Waals surface area (Å²) in [5.41, 5.74) is 0. The van der Waals surface area contributed by atoms with Crippen LogP contribution in [0.4, 0.5) is 0 Å². The predicted octanol–water partition coefficient (Wildman–Crippen LogP) is -1.14. The average molecular weight is 252 g/mol. The number of carbonyl (C=O) groups excluding carboxylic acids is 1. The number of amides is 1. The van der Waals surface area contributed by atoms with Crippen molar-refractivity contribution in [2.45, 2.75) is 13.3 Å². The second-order valence-corrected chi connectivity index (χ2v) is 5.27. The van der Waals surface area contributed by atoms with Gasteiger partial charge in [0.1, 0.15) is 0 Å². The third kappa shape index (κ3) is 7.18. The van der Waals surface area contributed by atoms with Crippen molar-refractivity contribution >= 4 is 21.9 Å². The molecule has 0 saturated carbocycles. The van der Waals surface area contributed by atoms with Gasteiger partial charge in [-0.05, 0) is 0 Å². The van der Waals surface area contributed by atoms with Crippen LogP contribution in [-0.4, -0.2) is 55.6 Å². The highest BCUT2D eigenvalue weighted by Gasteiger charge is 2.17. The zero-order valence-corrected chi connectivity index (χ0v) is 10.1.